The van der Waals surface area contributed by atoms with Crippen molar-refractivity contribution in [2.24, 2.45) is 23.5 Å². The van der Waals surface area contributed by atoms with E-state index in [-0.39, 0.29) is 43.2 Å². The molecule has 2 rings (SSSR count). The van der Waals surface area contributed by atoms with Crippen molar-refractivity contribution in [3.63, 3.8) is 0 Å². The van der Waals surface area contributed by atoms with Crippen molar-refractivity contribution in [3.05, 3.63) is 29.8 Å². The van der Waals surface area contributed by atoms with Gasteiger partial charge < -0.3 is 58.1 Å². The number of phenols is 1. The topological polar surface area (TPSA) is 308 Å². The summed E-state index contributed by atoms with van der Waals surface area (Å²) in [6.45, 7) is 10.9. The standard InChI is InChI=1S/C40H63N9O11S/c1-20(2)15-26(44-34(53)23(7)41)36(55)48-32(21(3)4)39(58)46-28(19-61)37(56)45-27(16-24-10-12-25(50)13-11-24)35(54)43-18-31(52)49-14-8-9-29(49)38(57)42-17-30(51)47-33(22(5)6)40(59)60/h10-13,20-23,26-29,32-33,50,61H,8-9,14-19,41H2,1-7H3,(H,42,57)(H,43,54)(H,44,53)(H,45,56)(H,46,58)(H,47,51)(H,48,55)(H,59,60)/t23-,26-,27-,28-,29-,32-,33-/m0/s1. The van der Waals surface area contributed by atoms with Gasteiger partial charge in [-0.05, 0) is 61.6 Å². The Morgan fingerprint density at radius 1 is 0.721 bits per heavy atom. The lowest BCUT2D eigenvalue weighted by atomic mass is 9.99. The fourth-order valence-electron chi connectivity index (χ4n) is 6.35. The molecule has 0 aliphatic carbocycles. The maximum absolute atomic E-state index is 13.7. The zero-order valence-corrected chi connectivity index (χ0v) is 36.7. The number of hydrogen-bond acceptors (Lipinski definition) is 12. The molecule has 0 unspecified atom stereocenters. The number of carbonyl (C=O) groups is 9. The van der Waals surface area contributed by atoms with E-state index < -0.39 is 120 Å². The third-order valence-corrected chi connectivity index (χ3v) is 10.2. The monoisotopic (exact) mass is 877 g/mol. The summed E-state index contributed by atoms with van der Waals surface area (Å²) in [6, 6.07) is -1.91. The molecular formula is C40H63N9O11S. The van der Waals surface area contributed by atoms with E-state index in [0.717, 1.165) is 0 Å². The second-order valence-electron chi connectivity index (χ2n) is 16.2. The minimum atomic E-state index is -1.31. The van der Waals surface area contributed by atoms with E-state index in [1.165, 1.54) is 36.1 Å². The number of benzene rings is 1. The summed E-state index contributed by atoms with van der Waals surface area (Å²) in [5.74, 6) is -7.83. The third kappa shape index (κ3) is 16.9. The summed E-state index contributed by atoms with van der Waals surface area (Å²) < 4.78 is 0. The maximum atomic E-state index is 13.7. The first kappa shape index (κ1) is 51.7. The Balaban J connectivity index is 2.16. The van der Waals surface area contributed by atoms with E-state index in [1.807, 2.05) is 13.8 Å². The van der Waals surface area contributed by atoms with Gasteiger partial charge >= 0.3 is 5.97 Å². The van der Waals surface area contributed by atoms with Gasteiger partial charge in [0.1, 0.15) is 42.0 Å². The molecule has 20 nitrogen and oxygen atoms in total. The summed E-state index contributed by atoms with van der Waals surface area (Å²) in [5.41, 5.74) is 6.21. The number of nitrogens with zero attached hydrogens (tertiary/aromatic N) is 1. The smallest absolute Gasteiger partial charge is 0.326 e. The number of hydrogen-bond donors (Lipinski definition) is 11. The molecule has 1 aromatic rings. The molecular weight excluding hydrogens is 815 g/mol. The van der Waals surface area contributed by atoms with Crippen molar-refractivity contribution in [1.29, 1.82) is 0 Å². The second-order valence-corrected chi connectivity index (χ2v) is 16.6. The van der Waals surface area contributed by atoms with Crippen LogP contribution in [0.3, 0.4) is 0 Å². The van der Waals surface area contributed by atoms with Crippen molar-refractivity contribution in [1.82, 2.24) is 42.1 Å². The summed E-state index contributed by atoms with van der Waals surface area (Å²) in [5, 5.41) is 36.9. The number of thiol groups is 1. The molecule has 1 aromatic carbocycles. The van der Waals surface area contributed by atoms with Crippen LogP contribution in [0.15, 0.2) is 24.3 Å². The molecule has 0 saturated carbocycles. The Morgan fingerprint density at radius 3 is 1.84 bits per heavy atom. The van der Waals surface area contributed by atoms with E-state index in [1.54, 1.807) is 27.7 Å². The molecule has 1 saturated heterocycles. The van der Waals surface area contributed by atoms with Gasteiger partial charge in [0.05, 0.1) is 19.1 Å². The van der Waals surface area contributed by atoms with Crippen LogP contribution in [0.5, 0.6) is 5.75 Å². The minimum absolute atomic E-state index is 0.000401. The molecule has 1 fully saturated rings. The molecule has 1 aliphatic heterocycles. The van der Waals surface area contributed by atoms with Gasteiger partial charge in [-0.1, -0.05) is 53.7 Å². The first-order valence-electron chi connectivity index (χ1n) is 20.3. The number of rotatable bonds is 23. The number of carboxylic acid groups (broad SMARTS) is 1. The van der Waals surface area contributed by atoms with Gasteiger partial charge in [-0.15, -0.1) is 0 Å². The number of nitrogens with one attached hydrogen (secondary N) is 7. The highest BCUT2D eigenvalue weighted by molar-refractivity contribution is 7.80. The number of aliphatic carboxylic acids is 1. The predicted molar refractivity (Wildman–Crippen MR) is 226 cm³/mol. The van der Waals surface area contributed by atoms with Gasteiger partial charge in [0.25, 0.3) is 0 Å². The highest BCUT2D eigenvalue weighted by Crippen LogP contribution is 2.18. The first-order chi connectivity index (χ1) is 28.5. The quantitative estimate of drug-likeness (QED) is 0.0549. The lowest BCUT2D eigenvalue weighted by Crippen LogP contribution is -2.60. The fraction of sp³-hybridized carbons (Fsp3) is 0.625. The molecule has 21 heteroatoms. The molecule has 11 N–H and O–H groups in total. The third-order valence-electron chi connectivity index (χ3n) is 9.79. The molecule has 1 heterocycles. The summed E-state index contributed by atoms with van der Waals surface area (Å²) in [7, 11) is 0. The Kier molecular flexibility index (Phi) is 21.0. The molecule has 7 atom stereocenters. The van der Waals surface area contributed by atoms with Crippen LogP contribution in [0.4, 0.5) is 0 Å². The van der Waals surface area contributed by atoms with Gasteiger partial charge in [-0.3, -0.25) is 38.4 Å². The van der Waals surface area contributed by atoms with Crippen LogP contribution in [0.25, 0.3) is 0 Å². The number of nitrogens with two attached hydrogens (primary N) is 1. The number of amides is 8. The van der Waals surface area contributed by atoms with Crippen LogP contribution >= 0.6 is 12.6 Å². The normalized spacial score (nSPS) is 16.7. The Bertz CT molecular complexity index is 1730. The predicted octanol–water partition coefficient (Wildman–Crippen LogP) is -1.70. The Hall–Kier alpha value is -5.44. The lowest BCUT2D eigenvalue weighted by Gasteiger charge is -2.28. The number of aromatic hydroxyl groups is 1. The van der Waals surface area contributed by atoms with Gasteiger partial charge in [0, 0.05) is 18.7 Å². The summed E-state index contributed by atoms with van der Waals surface area (Å²) in [6.07, 6.45) is 0.889. The van der Waals surface area contributed by atoms with E-state index in [4.69, 9.17) is 5.73 Å². The Labute approximate surface area is 361 Å². The van der Waals surface area contributed by atoms with Crippen molar-refractivity contribution < 1.29 is 53.4 Å². The van der Waals surface area contributed by atoms with Gasteiger partial charge in [-0.25, -0.2) is 4.79 Å². The van der Waals surface area contributed by atoms with Crippen LogP contribution in [-0.4, -0.2) is 136 Å². The number of carbonyl (C=O) groups excluding carboxylic acids is 8. The van der Waals surface area contributed by atoms with Crippen LogP contribution in [0, 0.1) is 17.8 Å². The molecule has 1 aliphatic rings. The average molecular weight is 878 g/mol. The molecule has 61 heavy (non-hydrogen) atoms. The zero-order valence-electron chi connectivity index (χ0n) is 35.8. The van der Waals surface area contributed by atoms with E-state index in [0.29, 0.717) is 12.0 Å². The van der Waals surface area contributed by atoms with E-state index in [2.05, 4.69) is 49.8 Å². The number of likely N-dealkylation sites (tertiary alicyclic amines) is 1. The largest absolute Gasteiger partial charge is 0.508 e. The fourth-order valence-corrected chi connectivity index (χ4v) is 6.61. The van der Waals surface area contributed by atoms with Crippen LogP contribution in [0.1, 0.15) is 73.3 Å². The van der Waals surface area contributed by atoms with Crippen molar-refractivity contribution in [2.75, 3.05) is 25.4 Å². The van der Waals surface area contributed by atoms with E-state index >= 15 is 0 Å². The Morgan fingerprint density at radius 2 is 1.30 bits per heavy atom. The van der Waals surface area contributed by atoms with E-state index in [9.17, 15) is 53.4 Å². The summed E-state index contributed by atoms with van der Waals surface area (Å²) in [4.78, 5) is 118. The van der Waals surface area contributed by atoms with Crippen LogP contribution in [0.2, 0.25) is 0 Å². The summed E-state index contributed by atoms with van der Waals surface area (Å²) >= 11 is 4.25. The zero-order chi connectivity index (χ0) is 46.1. The molecule has 0 radical (unpaired) electrons. The molecule has 0 aromatic heterocycles. The average Bonchev–Trinajstić information content (AvgIpc) is 3.69. The molecule has 8 amide bonds. The highest BCUT2D eigenvalue weighted by atomic mass is 32.1. The minimum Gasteiger partial charge on any atom is -0.508 e. The lowest BCUT2D eigenvalue weighted by molar-refractivity contribution is -0.143. The first-order valence-corrected chi connectivity index (χ1v) is 20.9. The van der Waals surface area contributed by atoms with Crippen molar-refractivity contribution in [2.45, 2.75) is 116 Å². The number of phenolic OH excluding ortho intramolecular Hbond substituents is 1. The van der Waals surface area contributed by atoms with Gasteiger partial charge in [-0.2, -0.15) is 12.6 Å². The van der Waals surface area contributed by atoms with Crippen LogP contribution in [-0.2, 0) is 49.6 Å². The van der Waals surface area contributed by atoms with Crippen molar-refractivity contribution in [3.8, 4) is 5.75 Å². The van der Waals surface area contributed by atoms with Crippen LogP contribution < -0.4 is 43.0 Å². The number of carboxylic acids is 1. The van der Waals surface area contributed by atoms with Crippen molar-refractivity contribution >= 4 is 65.9 Å². The highest BCUT2D eigenvalue weighted by Gasteiger charge is 2.36. The van der Waals surface area contributed by atoms with Gasteiger partial charge in [0.2, 0.25) is 47.3 Å². The molecule has 0 bridgehead atoms. The second kappa shape index (κ2) is 24.7. The van der Waals surface area contributed by atoms with Gasteiger partial charge in [0.15, 0.2) is 0 Å². The molecule has 340 valence electrons. The molecule has 0 spiro atoms. The SMILES string of the molecule is CC(C)C[C@H](NC(=O)[C@H](C)N)C(=O)N[C@H](C(=O)N[C@@H](CS)C(=O)N[C@@H](Cc1ccc(O)cc1)C(=O)NCC(=O)N1CCC[C@H]1C(=O)NCC(=O)N[C@H](C(=O)O)C(C)C)C(C)C. The maximum Gasteiger partial charge on any atom is 0.326 e.